The standard InChI is InChI=1S/C12H17NO2/c1-10-4-6-12(7-5-10)11(2)13-15-9-8-14-3/h4-7H,8-9H2,1-3H3/b13-11+. The van der Waals surface area contributed by atoms with Crippen LogP contribution in [0, 0.1) is 6.92 Å². The van der Waals surface area contributed by atoms with Gasteiger partial charge >= 0.3 is 0 Å². The molecule has 0 fully saturated rings. The SMILES string of the molecule is COCCO/N=C(\C)c1ccc(C)cc1. The van der Waals surface area contributed by atoms with Crippen LogP contribution in [0.15, 0.2) is 29.4 Å². The molecule has 1 aromatic carbocycles. The van der Waals surface area contributed by atoms with Crippen LogP contribution >= 0.6 is 0 Å². The summed E-state index contributed by atoms with van der Waals surface area (Å²) in [5, 5.41) is 4.00. The lowest BCUT2D eigenvalue weighted by Gasteiger charge is -2.02. The van der Waals surface area contributed by atoms with Gasteiger partial charge in [0, 0.05) is 7.11 Å². The molecule has 0 aromatic heterocycles. The van der Waals surface area contributed by atoms with Crippen LogP contribution in [-0.2, 0) is 9.57 Å². The van der Waals surface area contributed by atoms with E-state index in [2.05, 4.69) is 24.2 Å². The van der Waals surface area contributed by atoms with Crippen molar-refractivity contribution >= 4 is 5.71 Å². The van der Waals surface area contributed by atoms with E-state index in [1.807, 2.05) is 19.1 Å². The van der Waals surface area contributed by atoms with Crippen molar-refractivity contribution < 1.29 is 9.57 Å². The molecule has 3 nitrogen and oxygen atoms in total. The average Bonchev–Trinajstić information content (AvgIpc) is 2.25. The molecular formula is C12H17NO2. The molecule has 0 saturated carbocycles. The monoisotopic (exact) mass is 207 g/mol. The molecule has 0 aliphatic heterocycles. The number of nitrogens with zero attached hydrogens (tertiary/aromatic N) is 1. The molecule has 0 saturated heterocycles. The highest BCUT2D eigenvalue weighted by atomic mass is 16.6. The summed E-state index contributed by atoms with van der Waals surface area (Å²) >= 11 is 0. The van der Waals surface area contributed by atoms with Crippen LogP contribution in [-0.4, -0.2) is 26.0 Å². The molecule has 0 aliphatic carbocycles. The van der Waals surface area contributed by atoms with E-state index in [1.165, 1.54) is 5.56 Å². The quantitative estimate of drug-likeness (QED) is 0.421. The van der Waals surface area contributed by atoms with Crippen LogP contribution in [0.25, 0.3) is 0 Å². The summed E-state index contributed by atoms with van der Waals surface area (Å²) in [7, 11) is 1.64. The minimum atomic E-state index is 0.486. The van der Waals surface area contributed by atoms with Gasteiger partial charge < -0.3 is 9.57 Å². The Kier molecular flexibility index (Phi) is 4.84. The molecule has 0 bridgehead atoms. The lowest BCUT2D eigenvalue weighted by molar-refractivity contribution is 0.0751. The molecule has 82 valence electrons. The minimum absolute atomic E-state index is 0.486. The van der Waals surface area contributed by atoms with Crippen molar-refractivity contribution in [2.75, 3.05) is 20.3 Å². The van der Waals surface area contributed by atoms with E-state index in [9.17, 15) is 0 Å². The molecule has 0 heterocycles. The molecule has 0 spiro atoms. The summed E-state index contributed by atoms with van der Waals surface area (Å²) in [4.78, 5) is 5.08. The second kappa shape index (κ2) is 6.19. The number of methoxy groups -OCH3 is 1. The van der Waals surface area contributed by atoms with E-state index in [0.29, 0.717) is 13.2 Å². The zero-order valence-corrected chi connectivity index (χ0v) is 9.49. The van der Waals surface area contributed by atoms with Crippen molar-refractivity contribution in [2.24, 2.45) is 5.16 Å². The van der Waals surface area contributed by atoms with Gasteiger partial charge in [-0.1, -0.05) is 35.0 Å². The average molecular weight is 207 g/mol. The highest BCUT2D eigenvalue weighted by Crippen LogP contribution is 2.04. The van der Waals surface area contributed by atoms with Gasteiger partial charge in [0.05, 0.1) is 12.3 Å². The van der Waals surface area contributed by atoms with E-state index in [4.69, 9.17) is 9.57 Å². The predicted molar refractivity (Wildman–Crippen MR) is 61.2 cm³/mol. The van der Waals surface area contributed by atoms with Crippen LogP contribution in [0.4, 0.5) is 0 Å². The molecular weight excluding hydrogens is 190 g/mol. The summed E-state index contributed by atoms with van der Waals surface area (Å²) in [5.74, 6) is 0. The lowest BCUT2D eigenvalue weighted by Crippen LogP contribution is -2.01. The molecule has 0 radical (unpaired) electrons. The maximum absolute atomic E-state index is 5.08. The van der Waals surface area contributed by atoms with Crippen LogP contribution in [0.3, 0.4) is 0 Å². The number of oxime groups is 1. The van der Waals surface area contributed by atoms with Crippen LogP contribution < -0.4 is 0 Å². The Morgan fingerprint density at radius 1 is 1.20 bits per heavy atom. The summed E-state index contributed by atoms with van der Waals surface area (Å²) in [6, 6.07) is 8.19. The first kappa shape index (κ1) is 11.7. The third kappa shape index (κ3) is 4.13. The van der Waals surface area contributed by atoms with E-state index in [0.717, 1.165) is 11.3 Å². The van der Waals surface area contributed by atoms with Crippen molar-refractivity contribution in [1.29, 1.82) is 0 Å². The number of aryl methyl sites for hydroxylation is 1. The fourth-order valence-corrected chi connectivity index (χ4v) is 1.11. The first-order valence-corrected chi connectivity index (χ1v) is 4.96. The zero-order valence-electron chi connectivity index (χ0n) is 9.49. The lowest BCUT2D eigenvalue weighted by atomic mass is 10.1. The van der Waals surface area contributed by atoms with Crippen molar-refractivity contribution in [2.45, 2.75) is 13.8 Å². The third-order valence-electron chi connectivity index (χ3n) is 2.05. The van der Waals surface area contributed by atoms with Gasteiger partial charge in [-0.05, 0) is 19.4 Å². The van der Waals surface area contributed by atoms with Crippen molar-refractivity contribution in [3.63, 3.8) is 0 Å². The van der Waals surface area contributed by atoms with Crippen LogP contribution in [0.2, 0.25) is 0 Å². The third-order valence-corrected chi connectivity index (χ3v) is 2.05. The number of hydrogen-bond acceptors (Lipinski definition) is 3. The normalized spacial score (nSPS) is 11.5. The molecule has 1 aromatic rings. The summed E-state index contributed by atoms with van der Waals surface area (Å²) in [6.07, 6.45) is 0. The van der Waals surface area contributed by atoms with Gasteiger partial charge in [0.2, 0.25) is 0 Å². The molecule has 0 N–H and O–H groups in total. The maximum Gasteiger partial charge on any atom is 0.140 e. The summed E-state index contributed by atoms with van der Waals surface area (Å²) in [5.41, 5.74) is 3.20. The summed E-state index contributed by atoms with van der Waals surface area (Å²) < 4.78 is 4.85. The highest BCUT2D eigenvalue weighted by Gasteiger charge is 1.96. The Bertz CT molecular complexity index is 317. The fourth-order valence-electron chi connectivity index (χ4n) is 1.11. The maximum atomic E-state index is 5.08. The molecule has 0 unspecified atom stereocenters. The highest BCUT2D eigenvalue weighted by molar-refractivity contribution is 5.98. The van der Waals surface area contributed by atoms with Gasteiger partial charge in [-0.3, -0.25) is 0 Å². The van der Waals surface area contributed by atoms with Gasteiger partial charge in [0.1, 0.15) is 6.61 Å². The molecule has 15 heavy (non-hydrogen) atoms. The number of rotatable bonds is 5. The summed E-state index contributed by atoms with van der Waals surface area (Å²) in [6.45, 7) is 5.03. The molecule has 0 aliphatic rings. The van der Waals surface area contributed by atoms with E-state index in [1.54, 1.807) is 7.11 Å². The van der Waals surface area contributed by atoms with E-state index >= 15 is 0 Å². The molecule has 0 atom stereocenters. The van der Waals surface area contributed by atoms with Gasteiger partial charge in [-0.15, -0.1) is 0 Å². The van der Waals surface area contributed by atoms with Crippen molar-refractivity contribution in [3.05, 3.63) is 35.4 Å². The second-order valence-corrected chi connectivity index (χ2v) is 3.37. The first-order valence-electron chi connectivity index (χ1n) is 4.96. The predicted octanol–water partition coefficient (Wildman–Crippen LogP) is 2.38. The Hall–Kier alpha value is -1.35. The number of ether oxygens (including phenoxy) is 1. The Labute approximate surface area is 90.7 Å². The first-order chi connectivity index (χ1) is 7.24. The fraction of sp³-hybridized carbons (Fsp3) is 0.417. The Morgan fingerprint density at radius 2 is 1.87 bits per heavy atom. The minimum Gasteiger partial charge on any atom is -0.393 e. The Morgan fingerprint density at radius 3 is 2.47 bits per heavy atom. The number of benzene rings is 1. The molecule has 3 heteroatoms. The van der Waals surface area contributed by atoms with Gasteiger partial charge in [-0.25, -0.2) is 0 Å². The van der Waals surface area contributed by atoms with Crippen molar-refractivity contribution in [3.8, 4) is 0 Å². The molecule has 1 rings (SSSR count). The van der Waals surface area contributed by atoms with Crippen LogP contribution in [0.5, 0.6) is 0 Å². The largest absolute Gasteiger partial charge is 0.393 e. The second-order valence-electron chi connectivity index (χ2n) is 3.37. The van der Waals surface area contributed by atoms with Gasteiger partial charge in [-0.2, -0.15) is 0 Å². The topological polar surface area (TPSA) is 30.8 Å². The Balaban J connectivity index is 2.52. The van der Waals surface area contributed by atoms with Gasteiger partial charge in [0.15, 0.2) is 0 Å². The van der Waals surface area contributed by atoms with Gasteiger partial charge in [0.25, 0.3) is 0 Å². The van der Waals surface area contributed by atoms with E-state index in [-0.39, 0.29) is 0 Å². The molecule has 0 amide bonds. The van der Waals surface area contributed by atoms with Crippen molar-refractivity contribution in [1.82, 2.24) is 0 Å². The zero-order chi connectivity index (χ0) is 11.1. The van der Waals surface area contributed by atoms with E-state index < -0.39 is 0 Å². The van der Waals surface area contributed by atoms with Crippen LogP contribution in [0.1, 0.15) is 18.1 Å². The smallest absolute Gasteiger partial charge is 0.140 e. The number of hydrogen-bond donors (Lipinski definition) is 0.